The molecule has 0 aromatic heterocycles. The van der Waals surface area contributed by atoms with Crippen molar-refractivity contribution in [2.75, 3.05) is 7.11 Å². The molecule has 2 aromatic carbocycles. The molecule has 0 bridgehead atoms. The van der Waals surface area contributed by atoms with E-state index in [1.807, 2.05) is 31.2 Å². The number of ether oxygens (including phenoxy) is 1. The van der Waals surface area contributed by atoms with Crippen LogP contribution in [-0.4, -0.2) is 7.11 Å². The van der Waals surface area contributed by atoms with Gasteiger partial charge < -0.3 is 10.5 Å². The van der Waals surface area contributed by atoms with Gasteiger partial charge in [0.2, 0.25) is 0 Å². The number of hydrogen-bond acceptors (Lipinski definition) is 2. The Bertz CT molecular complexity index is 599. The number of aryl methyl sites for hydroxylation is 1. The fourth-order valence-corrected chi connectivity index (χ4v) is 2.32. The Morgan fingerprint density at radius 2 is 1.79 bits per heavy atom. The average Bonchev–Trinajstić information content (AvgIpc) is 2.41. The van der Waals surface area contributed by atoms with Crippen LogP contribution in [0.2, 0.25) is 10.0 Å². The number of rotatable bonds is 3. The maximum Gasteiger partial charge on any atom is 0.119 e. The SMILES string of the molecule is COc1ccc(C(N)c2ccc(Cl)c(Cl)c2)c(C)c1. The van der Waals surface area contributed by atoms with Gasteiger partial charge in [-0.1, -0.05) is 35.3 Å². The Morgan fingerprint density at radius 1 is 1.05 bits per heavy atom. The highest BCUT2D eigenvalue weighted by molar-refractivity contribution is 6.42. The summed E-state index contributed by atoms with van der Waals surface area (Å²) < 4.78 is 5.19. The third kappa shape index (κ3) is 3.03. The lowest BCUT2D eigenvalue weighted by molar-refractivity contribution is 0.414. The van der Waals surface area contributed by atoms with Crippen LogP contribution in [0, 0.1) is 6.92 Å². The number of benzene rings is 2. The number of halogens is 2. The van der Waals surface area contributed by atoms with E-state index in [2.05, 4.69) is 0 Å². The van der Waals surface area contributed by atoms with Gasteiger partial charge in [0.15, 0.2) is 0 Å². The molecule has 19 heavy (non-hydrogen) atoms. The fraction of sp³-hybridized carbons (Fsp3) is 0.200. The van der Waals surface area contributed by atoms with E-state index < -0.39 is 0 Å². The summed E-state index contributed by atoms with van der Waals surface area (Å²) in [6, 6.07) is 11.1. The summed E-state index contributed by atoms with van der Waals surface area (Å²) in [6.45, 7) is 2.01. The Kier molecular flexibility index (Phi) is 4.35. The summed E-state index contributed by atoms with van der Waals surface area (Å²) in [5, 5.41) is 1.05. The monoisotopic (exact) mass is 295 g/mol. The first-order valence-corrected chi connectivity index (χ1v) is 6.63. The maximum absolute atomic E-state index is 6.29. The first-order valence-electron chi connectivity index (χ1n) is 5.88. The summed E-state index contributed by atoms with van der Waals surface area (Å²) in [7, 11) is 1.65. The minimum absolute atomic E-state index is 0.235. The molecule has 0 amide bonds. The fourth-order valence-electron chi connectivity index (χ4n) is 2.01. The van der Waals surface area contributed by atoms with Crippen molar-refractivity contribution in [3.05, 3.63) is 63.1 Å². The Balaban J connectivity index is 2.38. The van der Waals surface area contributed by atoms with E-state index in [4.69, 9.17) is 33.7 Å². The van der Waals surface area contributed by atoms with Crippen LogP contribution >= 0.6 is 23.2 Å². The van der Waals surface area contributed by atoms with E-state index in [1.165, 1.54) is 0 Å². The van der Waals surface area contributed by atoms with Crippen molar-refractivity contribution in [1.29, 1.82) is 0 Å². The summed E-state index contributed by atoms with van der Waals surface area (Å²) >= 11 is 11.9. The standard InChI is InChI=1S/C15H15Cl2NO/c1-9-7-11(19-2)4-5-12(9)15(18)10-3-6-13(16)14(17)8-10/h3-8,15H,18H2,1-2H3. The van der Waals surface area contributed by atoms with Gasteiger partial charge in [-0.3, -0.25) is 0 Å². The largest absolute Gasteiger partial charge is 0.497 e. The van der Waals surface area contributed by atoms with Crippen LogP contribution in [-0.2, 0) is 0 Å². The second kappa shape index (κ2) is 5.83. The highest BCUT2D eigenvalue weighted by atomic mass is 35.5. The molecule has 0 aliphatic carbocycles. The van der Waals surface area contributed by atoms with Gasteiger partial charge >= 0.3 is 0 Å². The molecule has 1 atom stereocenters. The van der Waals surface area contributed by atoms with Gasteiger partial charge in [0.05, 0.1) is 23.2 Å². The van der Waals surface area contributed by atoms with Crippen molar-refractivity contribution in [2.45, 2.75) is 13.0 Å². The van der Waals surface area contributed by atoms with Gasteiger partial charge in [0, 0.05) is 0 Å². The smallest absolute Gasteiger partial charge is 0.119 e. The first kappa shape index (κ1) is 14.2. The summed E-state index contributed by atoms with van der Waals surface area (Å²) in [5.74, 6) is 0.822. The molecule has 2 aromatic rings. The van der Waals surface area contributed by atoms with Gasteiger partial charge in [0.1, 0.15) is 5.75 Å². The van der Waals surface area contributed by atoms with Crippen LogP contribution < -0.4 is 10.5 Å². The van der Waals surface area contributed by atoms with Gasteiger partial charge in [-0.15, -0.1) is 0 Å². The lowest BCUT2D eigenvalue weighted by Gasteiger charge is -2.16. The molecular weight excluding hydrogens is 281 g/mol. The molecule has 0 saturated carbocycles. The molecule has 1 unspecified atom stereocenters. The highest BCUT2D eigenvalue weighted by Crippen LogP contribution is 2.30. The van der Waals surface area contributed by atoms with E-state index in [9.17, 15) is 0 Å². The van der Waals surface area contributed by atoms with Crippen LogP contribution in [0.3, 0.4) is 0 Å². The van der Waals surface area contributed by atoms with Crippen molar-refractivity contribution >= 4 is 23.2 Å². The maximum atomic E-state index is 6.29. The van der Waals surface area contributed by atoms with E-state index >= 15 is 0 Å². The second-order valence-electron chi connectivity index (χ2n) is 4.37. The zero-order valence-electron chi connectivity index (χ0n) is 10.8. The Labute approximate surface area is 123 Å². The van der Waals surface area contributed by atoms with Crippen molar-refractivity contribution in [3.8, 4) is 5.75 Å². The Hall–Kier alpha value is -1.22. The van der Waals surface area contributed by atoms with Gasteiger partial charge in [-0.25, -0.2) is 0 Å². The predicted molar refractivity (Wildman–Crippen MR) is 80.2 cm³/mol. The summed E-state index contributed by atoms with van der Waals surface area (Å²) in [4.78, 5) is 0. The van der Waals surface area contributed by atoms with Gasteiger partial charge in [0.25, 0.3) is 0 Å². The second-order valence-corrected chi connectivity index (χ2v) is 5.19. The molecule has 0 fully saturated rings. The molecule has 0 aliphatic rings. The summed E-state index contributed by atoms with van der Waals surface area (Å²) in [5.41, 5.74) is 9.34. The average molecular weight is 296 g/mol. The van der Waals surface area contributed by atoms with E-state index in [1.54, 1.807) is 19.2 Å². The minimum Gasteiger partial charge on any atom is -0.497 e. The molecule has 0 spiro atoms. The van der Waals surface area contributed by atoms with Crippen LogP contribution in [0.15, 0.2) is 36.4 Å². The number of methoxy groups -OCH3 is 1. The molecular formula is C15H15Cl2NO. The number of nitrogens with two attached hydrogens (primary N) is 1. The zero-order valence-corrected chi connectivity index (χ0v) is 12.3. The van der Waals surface area contributed by atoms with Crippen LogP contribution in [0.25, 0.3) is 0 Å². The zero-order chi connectivity index (χ0) is 14.0. The molecule has 2 nitrogen and oxygen atoms in total. The topological polar surface area (TPSA) is 35.2 Å². The summed E-state index contributed by atoms with van der Waals surface area (Å²) in [6.07, 6.45) is 0. The molecule has 0 heterocycles. The van der Waals surface area contributed by atoms with Gasteiger partial charge in [-0.05, 0) is 47.9 Å². The predicted octanol–water partition coefficient (Wildman–Crippen LogP) is 4.36. The number of hydrogen-bond donors (Lipinski definition) is 1. The van der Waals surface area contributed by atoms with Crippen molar-refractivity contribution in [1.82, 2.24) is 0 Å². The third-order valence-electron chi connectivity index (χ3n) is 3.11. The first-order chi connectivity index (χ1) is 9.02. The molecule has 100 valence electrons. The van der Waals surface area contributed by atoms with E-state index in [-0.39, 0.29) is 6.04 Å². The molecule has 0 radical (unpaired) electrons. The normalized spacial score (nSPS) is 12.3. The van der Waals surface area contributed by atoms with E-state index in [0.717, 1.165) is 22.4 Å². The lowest BCUT2D eigenvalue weighted by Crippen LogP contribution is -2.13. The molecule has 2 rings (SSSR count). The third-order valence-corrected chi connectivity index (χ3v) is 3.85. The Morgan fingerprint density at radius 3 is 2.37 bits per heavy atom. The highest BCUT2D eigenvalue weighted by Gasteiger charge is 2.13. The molecule has 0 saturated heterocycles. The van der Waals surface area contributed by atoms with Gasteiger partial charge in [-0.2, -0.15) is 0 Å². The quantitative estimate of drug-likeness (QED) is 0.913. The molecule has 4 heteroatoms. The minimum atomic E-state index is -0.235. The molecule has 2 N–H and O–H groups in total. The van der Waals surface area contributed by atoms with Crippen molar-refractivity contribution in [2.24, 2.45) is 5.73 Å². The van der Waals surface area contributed by atoms with Crippen LogP contribution in [0.5, 0.6) is 5.75 Å². The van der Waals surface area contributed by atoms with E-state index in [0.29, 0.717) is 10.0 Å². The van der Waals surface area contributed by atoms with Crippen LogP contribution in [0.1, 0.15) is 22.7 Å². The lowest BCUT2D eigenvalue weighted by atomic mass is 9.95. The van der Waals surface area contributed by atoms with Crippen molar-refractivity contribution in [3.63, 3.8) is 0 Å². The van der Waals surface area contributed by atoms with Crippen molar-refractivity contribution < 1.29 is 4.74 Å². The van der Waals surface area contributed by atoms with Crippen LogP contribution in [0.4, 0.5) is 0 Å². The molecule has 0 aliphatic heterocycles.